The summed E-state index contributed by atoms with van der Waals surface area (Å²) >= 11 is 0. The average Bonchev–Trinajstić information content (AvgIpc) is 2.15. The molecule has 0 radical (unpaired) electrons. The summed E-state index contributed by atoms with van der Waals surface area (Å²) in [5, 5.41) is 8.75. The van der Waals surface area contributed by atoms with Crippen LogP contribution in [0.4, 0.5) is 4.79 Å². The van der Waals surface area contributed by atoms with Gasteiger partial charge in [0.1, 0.15) is 0 Å². The summed E-state index contributed by atoms with van der Waals surface area (Å²) in [7, 11) is 0. The first-order chi connectivity index (χ1) is 6.59. The van der Waals surface area contributed by atoms with Crippen molar-refractivity contribution in [3.8, 4) is 0 Å². The zero-order valence-electron chi connectivity index (χ0n) is 9.07. The van der Waals surface area contributed by atoms with Crippen molar-refractivity contribution in [1.29, 1.82) is 0 Å². The van der Waals surface area contributed by atoms with Gasteiger partial charge in [-0.25, -0.2) is 4.79 Å². The van der Waals surface area contributed by atoms with Crippen LogP contribution >= 0.6 is 0 Å². The van der Waals surface area contributed by atoms with E-state index in [1.807, 2.05) is 0 Å². The minimum Gasteiger partial charge on any atom is -0.465 e. The van der Waals surface area contributed by atoms with Gasteiger partial charge in [0.2, 0.25) is 0 Å². The van der Waals surface area contributed by atoms with Crippen molar-refractivity contribution >= 4 is 6.09 Å². The van der Waals surface area contributed by atoms with Crippen LogP contribution in [0.25, 0.3) is 0 Å². The van der Waals surface area contributed by atoms with Crippen molar-refractivity contribution in [3.63, 3.8) is 0 Å². The number of amides is 1. The maximum atomic E-state index is 10.6. The molecule has 1 heterocycles. The van der Waals surface area contributed by atoms with E-state index in [2.05, 4.69) is 18.7 Å². The number of nitrogens with zero attached hydrogens (tertiary/aromatic N) is 2. The molecular formula is C10H20N2O2. The van der Waals surface area contributed by atoms with E-state index in [9.17, 15) is 4.79 Å². The van der Waals surface area contributed by atoms with Crippen molar-refractivity contribution in [2.45, 2.75) is 20.3 Å². The van der Waals surface area contributed by atoms with E-state index in [4.69, 9.17) is 5.11 Å². The third kappa shape index (κ3) is 3.54. The van der Waals surface area contributed by atoms with Gasteiger partial charge in [-0.05, 0) is 18.9 Å². The highest BCUT2D eigenvalue weighted by molar-refractivity contribution is 5.65. The van der Waals surface area contributed by atoms with Gasteiger partial charge >= 0.3 is 6.09 Å². The second kappa shape index (κ2) is 5.20. The predicted octanol–water partition coefficient (Wildman–Crippen LogP) is 1.33. The Bertz CT molecular complexity index is 187. The summed E-state index contributed by atoms with van der Waals surface area (Å²) in [4.78, 5) is 14.5. The average molecular weight is 200 g/mol. The lowest BCUT2D eigenvalue weighted by Gasteiger charge is -2.33. The molecule has 0 bridgehead atoms. The standard InChI is InChI=1S/C10H20N2O2/c1-9(2)3-4-11-5-7-12(8-6-11)10(13)14/h9H,3-8H2,1-2H3,(H,13,14). The molecule has 0 aromatic rings. The summed E-state index contributed by atoms with van der Waals surface area (Å²) in [5.74, 6) is 0.729. The van der Waals surface area contributed by atoms with E-state index in [0.29, 0.717) is 13.1 Å². The Balaban J connectivity index is 2.19. The fourth-order valence-corrected chi connectivity index (χ4v) is 1.60. The molecule has 1 aliphatic rings. The second-order valence-electron chi connectivity index (χ2n) is 4.29. The molecule has 1 N–H and O–H groups in total. The predicted molar refractivity (Wildman–Crippen MR) is 55.5 cm³/mol. The van der Waals surface area contributed by atoms with E-state index in [-0.39, 0.29) is 0 Å². The first kappa shape index (κ1) is 11.3. The molecule has 82 valence electrons. The maximum absolute atomic E-state index is 10.6. The topological polar surface area (TPSA) is 43.8 Å². The smallest absolute Gasteiger partial charge is 0.407 e. The van der Waals surface area contributed by atoms with Crippen molar-refractivity contribution in [3.05, 3.63) is 0 Å². The lowest BCUT2D eigenvalue weighted by molar-refractivity contribution is 0.103. The molecule has 0 aliphatic carbocycles. The summed E-state index contributed by atoms with van der Waals surface area (Å²) < 4.78 is 0. The van der Waals surface area contributed by atoms with Crippen LogP contribution in [0, 0.1) is 5.92 Å². The normalized spacial score (nSPS) is 18.9. The highest BCUT2D eigenvalue weighted by Crippen LogP contribution is 2.06. The first-order valence-corrected chi connectivity index (χ1v) is 5.30. The minimum absolute atomic E-state index is 0.660. The minimum atomic E-state index is -0.784. The maximum Gasteiger partial charge on any atom is 0.407 e. The molecule has 0 saturated carbocycles. The van der Waals surface area contributed by atoms with Crippen LogP contribution in [0.3, 0.4) is 0 Å². The monoisotopic (exact) mass is 200 g/mol. The number of rotatable bonds is 3. The summed E-state index contributed by atoms with van der Waals surface area (Å²) in [6.45, 7) is 8.63. The SMILES string of the molecule is CC(C)CCN1CCN(C(=O)O)CC1. The van der Waals surface area contributed by atoms with Crippen molar-refractivity contribution in [1.82, 2.24) is 9.80 Å². The largest absolute Gasteiger partial charge is 0.465 e. The van der Waals surface area contributed by atoms with Gasteiger partial charge in [0.05, 0.1) is 0 Å². The number of piperazine rings is 1. The Morgan fingerprint density at radius 2 is 1.86 bits per heavy atom. The Hall–Kier alpha value is -0.770. The molecule has 0 aromatic heterocycles. The molecule has 1 amide bonds. The van der Waals surface area contributed by atoms with E-state index >= 15 is 0 Å². The van der Waals surface area contributed by atoms with Crippen molar-refractivity contribution < 1.29 is 9.90 Å². The molecule has 4 heteroatoms. The van der Waals surface area contributed by atoms with Crippen LogP contribution in [0.1, 0.15) is 20.3 Å². The molecule has 4 nitrogen and oxygen atoms in total. The van der Waals surface area contributed by atoms with Crippen LogP contribution in [-0.4, -0.2) is 53.7 Å². The van der Waals surface area contributed by atoms with Gasteiger partial charge in [-0.3, -0.25) is 4.90 Å². The lowest BCUT2D eigenvalue weighted by atomic mass is 10.1. The van der Waals surface area contributed by atoms with Gasteiger partial charge < -0.3 is 10.0 Å². The molecule has 14 heavy (non-hydrogen) atoms. The van der Waals surface area contributed by atoms with E-state index in [1.54, 1.807) is 0 Å². The molecule has 1 fully saturated rings. The lowest BCUT2D eigenvalue weighted by Crippen LogP contribution is -2.48. The Labute approximate surface area is 85.5 Å². The Morgan fingerprint density at radius 3 is 2.29 bits per heavy atom. The van der Waals surface area contributed by atoms with Crippen LogP contribution < -0.4 is 0 Å². The number of carbonyl (C=O) groups is 1. The van der Waals surface area contributed by atoms with Gasteiger partial charge in [0, 0.05) is 26.2 Å². The fraction of sp³-hybridized carbons (Fsp3) is 0.900. The number of carboxylic acid groups (broad SMARTS) is 1. The van der Waals surface area contributed by atoms with Gasteiger partial charge in [0.15, 0.2) is 0 Å². The molecule has 0 spiro atoms. The number of hydrogen-bond acceptors (Lipinski definition) is 2. The van der Waals surface area contributed by atoms with Crippen molar-refractivity contribution in [2.75, 3.05) is 32.7 Å². The second-order valence-corrected chi connectivity index (χ2v) is 4.29. The van der Waals surface area contributed by atoms with Crippen LogP contribution in [-0.2, 0) is 0 Å². The fourth-order valence-electron chi connectivity index (χ4n) is 1.60. The van der Waals surface area contributed by atoms with Gasteiger partial charge in [-0.2, -0.15) is 0 Å². The Kier molecular flexibility index (Phi) is 4.20. The van der Waals surface area contributed by atoms with Gasteiger partial charge in [0.25, 0.3) is 0 Å². The zero-order valence-corrected chi connectivity index (χ0v) is 9.07. The van der Waals surface area contributed by atoms with E-state index in [0.717, 1.165) is 25.6 Å². The third-order valence-electron chi connectivity index (χ3n) is 2.67. The van der Waals surface area contributed by atoms with E-state index < -0.39 is 6.09 Å². The summed E-state index contributed by atoms with van der Waals surface area (Å²) in [6.07, 6.45) is 0.418. The van der Waals surface area contributed by atoms with Crippen LogP contribution in [0.5, 0.6) is 0 Å². The molecule has 0 unspecified atom stereocenters. The third-order valence-corrected chi connectivity index (χ3v) is 2.67. The van der Waals surface area contributed by atoms with Crippen molar-refractivity contribution in [2.24, 2.45) is 5.92 Å². The zero-order chi connectivity index (χ0) is 10.6. The highest BCUT2D eigenvalue weighted by atomic mass is 16.4. The molecular weight excluding hydrogens is 180 g/mol. The van der Waals surface area contributed by atoms with Crippen LogP contribution in [0.15, 0.2) is 0 Å². The molecule has 1 rings (SSSR count). The summed E-state index contributed by atoms with van der Waals surface area (Å²) in [6, 6.07) is 0. The van der Waals surface area contributed by atoms with Gasteiger partial charge in [-0.15, -0.1) is 0 Å². The van der Waals surface area contributed by atoms with Crippen LogP contribution in [0.2, 0.25) is 0 Å². The Morgan fingerprint density at radius 1 is 1.29 bits per heavy atom. The molecule has 0 aromatic carbocycles. The molecule has 0 atom stereocenters. The number of hydrogen-bond donors (Lipinski definition) is 1. The first-order valence-electron chi connectivity index (χ1n) is 5.30. The highest BCUT2D eigenvalue weighted by Gasteiger charge is 2.19. The summed E-state index contributed by atoms with van der Waals surface area (Å²) in [5.41, 5.74) is 0. The molecule has 1 saturated heterocycles. The molecule has 1 aliphatic heterocycles. The quantitative estimate of drug-likeness (QED) is 0.747. The van der Waals surface area contributed by atoms with Gasteiger partial charge in [-0.1, -0.05) is 13.8 Å². The van der Waals surface area contributed by atoms with E-state index in [1.165, 1.54) is 11.3 Å².